The van der Waals surface area contributed by atoms with Crippen LogP contribution in [-0.2, 0) is 17.4 Å². The number of nitrogens with one attached hydrogen (secondary N) is 1. The number of benzene rings is 2. The summed E-state index contributed by atoms with van der Waals surface area (Å²) in [5.74, 6) is -2.36. The van der Waals surface area contributed by atoms with Crippen LogP contribution in [-0.4, -0.2) is 23.0 Å². The van der Waals surface area contributed by atoms with Crippen LogP contribution in [0.15, 0.2) is 54.6 Å². The fourth-order valence-corrected chi connectivity index (χ4v) is 2.38. The zero-order valence-corrected chi connectivity index (χ0v) is 13.1. The van der Waals surface area contributed by atoms with Crippen molar-refractivity contribution in [3.63, 3.8) is 0 Å². The van der Waals surface area contributed by atoms with E-state index in [-0.39, 0.29) is 6.42 Å². The molecule has 0 saturated carbocycles. The molecule has 2 rings (SSSR count). The Morgan fingerprint density at radius 2 is 1.60 bits per heavy atom. The van der Waals surface area contributed by atoms with Crippen LogP contribution in [0.1, 0.15) is 27.9 Å². The lowest BCUT2D eigenvalue weighted by Gasteiger charge is -2.17. The number of halogens is 3. The Kier molecular flexibility index (Phi) is 5.80. The molecule has 1 amide bonds. The third kappa shape index (κ3) is 5.07. The number of carboxylic acids is 1. The van der Waals surface area contributed by atoms with Crippen LogP contribution < -0.4 is 5.32 Å². The lowest BCUT2D eigenvalue weighted by atomic mass is 10.0. The second kappa shape index (κ2) is 7.83. The summed E-state index contributed by atoms with van der Waals surface area (Å²) in [6, 6.07) is 12.0. The molecule has 7 heteroatoms. The Morgan fingerprint density at radius 3 is 2.20 bits per heavy atom. The predicted octanol–water partition coefficient (Wildman–Crippen LogP) is 3.52. The van der Waals surface area contributed by atoms with Gasteiger partial charge >= 0.3 is 12.1 Å². The number of alkyl halides is 3. The summed E-state index contributed by atoms with van der Waals surface area (Å²) in [5, 5.41) is 11.4. The number of carboxylic acid groups (broad SMARTS) is 1. The zero-order valence-electron chi connectivity index (χ0n) is 13.1. The third-order valence-electron chi connectivity index (χ3n) is 3.65. The van der Waals surface area contributed by atoms with Gasteiger partial charge in [0.05, 0.1) is 11.1 Å². The van der Waals surface area contributed by atoms with Gasteiger partial charge in [0.1, 0.15) is 6.04 Å². The van der Waals surface area contributed by atoms with Crippen LogP contribution in [0.25, 0.3) is 0 Å². The summed E-state index contributed by atoms with van der Waals surface area (Å²) in [7, 11) is 0. The normalized spacial score (nSPS) is 12.4. The van der Waals surface area contributed by atoms with E-state index in [2.05, 4.69) is 5.32 Å². The van der Waals surface area contributed by atoms with Crippen molar-refractivity contribution >= 4 is 11.9 Å². The molecular formula is C18H16F3NO3. The predicted molar refractivity (Wildman–Crippen MR) is 85.1 cm³/mol. The van der Waals surface area contributed by atoms with Crippen LogP contribution in [0.4, 0.5) is 13.2 Å². The Hall–Kier alpha value is -2.83. The van der Waals surface area contributed by atoms with E-state index in [4.69, 9.17) is 0 Å². The van der Waals surface area contributed by atoms with E-state index in [1.807, 2.05) is 6.07 Å². The van der Waals surface area contributed by atoms with Crippen molar-refractivity contribution in [1.82, 2.24) is 5.32 Å². The summed E-state index contributed by atoms with van der Waals surface area (Å²) in [5.41, 5.74) is -0.820. The highest BCUT2D eigenvalue weighted by molar-refractivity contribution is 5.98. The van der Waals surface area contributed by atoms with Gasteiger partial charge in [-0.3, -0.25) is 4.79 Å². The van der Waals surface area contributed by atoms with Crippen LogP contribution in [0.2, 0.25) is 0 Å². The molecule has 0 saturated heterocycles. The number of rotatable bonds is 6. The first-order valence-corrected chi connectivity index (χ1v) is 7.53. The van der Waals surface area contributed by atoms with E-state index in [1.165, 1.54) is 12.1 Å². The maximum atomic E-state index is 13.0. The molecule has 0 aromatic heterocycles. The lowest BCUT2D eigenvalue weighted by Crippen LogP contribution is -2.41. The van der Waals surface area contributed by atoms with Crippen molar-refractivity contribution < 1.29 is 27.9 Å². The van der Waals surface area contributed by atoms with Gasteiger partial charge in [0.2, 0.25) is 0 Å². The van der Waals surface area contributed by atoms with Gasteiger partial charge in [-0.2, -0.15) is 13.2 Å². The molecule has 0 aliphatic rings. The van der Waals surface area contributed by atoms with E-state index in [0.29, 0.717) is 6.42 Å². The monoisotopic (exact) mass is 351 g/mol. The molecule has 0 heterocycles. The van der Waals surface area contributed by atoms with Crippen LogP contribution in [0.3, 0.4) is 0 Å². The maximum Gasteiger partial charge on any atom is 0.417 e. The summed E-state index contributed by atoms with van der Waals surface area (Å²) < 4.78 is 38.9. The third-order valence-corrected chi connectivity index (χ3v) is 3.65. The molecule has 2 aromatic carbocycles. The van der Waals surface area contributed by atoms with E-state index < -0.39 is 35.2 Å². The molecule has 4 nitrogen and oxygen atoms in total. The summed E-state index contributed by atoms with van der Waals surface area (Å²) in [6.07, 6.45) is -4.25. The SMILES string of the molecule is O=C(N[C@H](CCc1ccccc1)C(=O)O)c1ccccc1C(F)(F)F. The van der Waals surface area contributed by atoms with Gasteiger partial charge in [-0.25, -0.2) is 4.79 Å². The van der Waals surface area contributed by atoms with Crippen molar-refractivity contribution in [2.75, 3.05) is 0 Å². The second-order valence-electron chi connectivity index (χ2n) is 5.43. The largest absolute Gasteiger partial charge is 0.480 e. The van der Waals surface area contributed by atoms with Crippen molar-refractivity contribution in [1.29, 1.82) is 0 Å². The highest BCUT2D eigenvalue weighted by atomic mass is 19.4. The standard InChI is InChI=1S/C18H16F3NO3/c19-18(20,21)14-9-5-4-8-13(14)16(23)22-15(17(24)25)11-10-12-6-2-1-3-7-12/h1-9,15H,10-11H2,(H,22,23)(H,24,25)/t15-/m1/s1. The number of carbonyl (C=O) groups is 2. The first-order valence-electron chi connectivity index (χ1n) is 7.53. The molecule has 0 fully saturated rings. The van der Waals surface area contributed by atoms with Gasteiger partial charge in [-0.15, -0.1) is 0 Å². The van der Waals surface area contributed by atoms with E-state index in [1.54, 1.807) is 24.3 Å². The fraction of sp³-hybridized carbons (Fsp3) is 0.222. The Morgan fingerprint density at radius 1 is 1.00 bits per heavy atom. The molecule has 2 aromatic rings. The van der Waals surface area contributed by atoms with Gasteiger partial charge in [0.15, 0.2) is 0 Å². The van der Waals surface area contributed by atoms with Gasteiger partial charge in [0, 0.05) is 0 Å². The highest BCUT2D eigenvalue weighted by Gasteiger charge is 2.35. The number of amides is 1. The highest BCUT2D eigenvalue weighted by Crippen LogP contribution is 2.31. The minimum Gasteiger partial charge on any atom is -0.480 e. The smallest absolute Gasteiger partial charge is 0.417 e. The molecule has 25 heavy (non-hydrogen) atoms. The van der Waals surface area contributed by atoms with Crippen molar-refractivity contribution in [2.24, 2.45) is 0 Å². The quantitative estimate of drug-likeness (QED) is 0.837. The van der Waals surface area contributed by atoms with Gasteiger partial charge < -0.3 is 10.4 Å². The minimum atomic E-state index is -4.70. The molecule has 132 valence electrons. The Bertz CT molecular complexity index is 745. The zero-order chi connectivity index (χ0) is 18.4. The van der Waals surface area contributed by atoms with Crippen molar-refractivity contribution in [3.8, 4) is 0 Å². The first-order chi connectivity index (χ1) is 11.8. The van der Waals surface area contributed by atoms with Crippen LogP contribution in [0.5, 0.6) is 0 Å². The van der Waals surface area contributed by atoms with Gasteiger partial charge in [-0.05, 0) is 30.5 Å². The molecule has 0 aliphatic carbocycles. The molecule has 2 N–H and O–H groups in total. The summed E-state index contributed by atoms with van der Waals surface area (Å²) in [6.45, 7) is 0. The van der Waals surface area contributed by atoms with Crippen molar-refractivity contribution in [3.05, 3.63) is 71.3 Å². The molecule has 1 atom stereocenters. The number of carbonyl (C=O) groups excluding carboxylic acids is 1. The van der Waals surface area contributed by atoms with E-state index in [0.717, 1.165) is 17.7 Å². The van der Waals surface area contributed by atoms with Crippen molar-refractivity contribution in [2.45, 2.75) is 25.1 Å². The second-order valence-corrected chi connectivity index (χ2v) is 5.43. The number of aliphatic carboxylic acids is 1. The fourth-order valence-electron chi connectivity index (χ4n) is 2.38. The van der Waals surface area contributed by atoms with Gasteiger partial charge in [0.25, 0.3) is 5.91 Å². The maximum absolute atomic E-state index is 13.0. The average molecular weight is 351 g/mol. The van der Waals surface area contributed by atoms with E-state index in [9.17, 15) is 27.9 Å². The van der Waals surface area contributed by atoms with Crippen LogP contribution >= 0.6 is 0 Å². The molecule has 0 radical (unpaired) electrons. The summed E-state index contributed by atoms with van der Waals surface area (Å²) >= 11 is 0. The summed E-state index contributed by atoms with van der Waals surface area (Å²) in [4.78, 5) is 23.5. The Labute approximate surface area is 142 Å². The minimum absolute atomic E-state index is 0.0687. The Balaban J connectivity index is 2.12. The lowest BCUT2D eigenvalue weighted by molar-refractivity contribution is -0.139. The molecular weight excluding hydrogens is 335 g/mol. The number of hydrogen-bond acceptors (Lipinski definition) is 2. The first kappa shape index (κ1) is 18.5. The molecule has 0 unspecified atom stereocenters. The topological polar surface area (TPSA) is 66.4 Å². The van der Waals surface area contributed by atoms with Crippen LogP contribution in [0, 0.1) is 0 Å². The van der Waals surface area contributed by atoms with Gasteiger partial charge in [-0.1, -0.05) is 42.5 Å². The molecule has 0 spiro atoms. The average Bonchev–Trinajstić information content (AvgIpc) is 2.58. The molecule has 0 bridgehead atoms. The number of aryl methyl sites for hydroxylation is 1. The number of hydrogen-bond donors (Lipinski definition) is 2. The molecule has 0 aliphatic heterocycles. The van der Waals surface area contributed by atoms with E-state index >= 15 is 0 Å².